The summed E-state index contributed by atoms with van der Waals surface area (Å²) in [5.74, 6) is -4.22. The highest BCUT2D eigenvalue weighted by atomic mass is 35.5. The first-order valence-corrected chi connectivity index (χ1v) is 11.8. The second kappa shape index (κ2) is 8.33. The average Bonchev–Trinajstić information content (AvgIpc) is 3.32. The number of fused-ring (bicyclic) bond motifs is 1. The number of carboxylic acid groups (broad SMARTS) is 1. The van der Waals surface area contributed by atoms with Crippen molar-refractivity contribution in [2.24, 2.45) is 11.8 Å². The molecule has 0 radical (unpaired) electrons. The fraction of sp³-hybridized carbons (Fsp3) is 0.250. The van der Waals surface area contributed by atoms with E-state index in [1.165, 1.54) is 0 Å². The molecular formula is C28H25ClN2O4. The Balaban J connectivity index is 1.74. The number of amides is 2. The van der Waals surface area contributed by atoms with Crippen molar-refractivity contribution in [2.45, 2.75) is 32.4 Å². The molecule has 2 aliphatic heterocycles. The van der Waals surface area contributed by atoms with Gasteiger partial charge in [-0.15, -0.1) is 0 Å². The number of benzene rings is 3. The molecule has 35 heavy (non-hydrogen) atoms. The minimum Gasteiger partial charge on any atom is -0.480 e. The number of nitrogens with zero attached hydrogens (tertiary/aromatic N) is 1. The van der Waals surface area contributed by atoms with Gasteiger partial charge in [-0.25, -0.2) is 9.69 Å². The zero-order valence-electron chi connectivity index (χ0n) is 19.6. The fourth-order valence-electron chi connectivity index (χ4n) is 5.53. The molecule has 2 aliphatic rings. The molecule has 4 atom stereocenters. The van der Waals surface area contributed by atoms with Gasteiger partial charge in [0.1, 0.15) is 0 Å². The molecule has 3 aromatic rings. The van der Waals surface area contributed by atoms with E-state index < -0.39 is 41.2 Å². The molecule has 7 heteroatoms. The summed E-state index contributed by atoms with van der Waals surface area (Å²) < 4.78 is 0. The number of anilines is 1. The first kappa shape index (κ1) is 23.3. The predicted octanol–water partition coefficient (Wildman–Crippen LogP) is 4.70. The molecule has 0 aliphatic carbocycles. The van der Waals surface area contributed by atoms with Crippen molar-refractivity contribution in [1.29, 1.82) is 0 Å². The van der Waals surface area contributed by atoms with E-state index in [1.54, 1.807) is 48.5 Å². The van der Waals surface area contributed by atoms with Gasteiger partial charge in [-0.3, -0.25) is 14.9 Å². The lowest BCUT2D eigenvalue weighted by Gasteiger charge is -2.32. The van der Waals surface area contributed by atoms with Crippen LogP contribution < -0.4 is 10.2 Å². The number of carboxylic acids is 1. The molecule has 3 aromatic carbocycles. The molecule has 0 aromatic heterocycles. The largest absolute Gasteiger partial charge is 0.480 e. The lowest BCUT2D eigenvalue weighted by Crippen LogP contribution is -2.53. The number of hydrogen-bond donors (Lipinski definition) is 2. The van der Waals surface area contributed by atoms with Gasteiger partial charge in [0, 0.05) is 11.1 Å². The Bertz CT molecular complexity index is 1370. The summed E-state index contributed by atoms with van der Waals surface area (Å²) in [7, 11) is 0. The minimum atomic E-state index is -1.78. The highest BCUT2D eigenvalue weighted by Gasteiger charge is 2.69. The zero-order chi connectivity index (χ0) is 25.1. The van der Waals surface area contributed by atoms with E-state index in [-0.39, 0.29) is 0 Å². The van der Waals surface area contributed by atoms with E-state index >= 15 is 0 Å². The summed E-state index contributed by atoms with van der Waals surface area (Å²) >= 11 is 6.32. The quantitative estimate of drug-likeness (QED) is 0.520. The van der Waals surface area contributed by atoms with Crippen LogP contribution in [0.2, 0.25) is 5.02 Å². The molecule has 2 saturated heterocycles. The van der Waals surface area contributed by atoms with Gasteiger partial charge in [0.05, 0.1) is 17.5 Å². The SMILES string of the molecule is Cc1ccc(C)c(C2NC(C(=O)O)(c3ccccc3)C3C(=O)N(c4ccc(C)c(Cl)c4)C(=O)C23)c1. The molecule has 2 N–H and O–H groups in total. The van der Waals surface area contributed by atoms with Gasteiger partial charge in [-0.1, -0.05) is 71.8 Å². The molecule has 2 fully saturated rings. The molecule has 2 amide bonds. The van der Waals surface area contributed by atoms with Gasteiger partial charge >= 0.3 is 5.97 Å². The van der Waals surface area contributed by atoms with Crippen molar-refractivity contribution in [1.82, 2.24) is 5.32 Å². The lowest BCUT2D eigenvalue weighted by atomic mass is 9.75. The van der Waals surface area contributed by atoms with E-state index in [9.17, 15) is 19.5 Å². The van der Waals surface area contributed by atoms with E-state index in [0.29, 0.717) is 16.3 Å². The summed E-state index contributed by atoms with van der Waals surface area (Å²) in [6.45, 7) is 5.70. The number of aliphatic carboxylic acids is 1. The Morgan fingerprint density at radius 1 is 0.943 bits per heavy atom. The van der Waals surface area contributed by atoms with Crippen LogP contribution in [0.25, 0.3) is 0 Å². The number of nitrogens with one attached hydrogen (secondary N) is 1. The molecule has 0 saturated carbocycles. The molecule has 6 nitrogen and oxygen atoms in total. The Labute approximate surface area is 208 Å². The first-order chi connectivity index (χ1) is 16.7. The summed E-state index contributed by atoms with van der Waals surface area (Å²) in [5.41, 5.74) is 2.52. The van der Waals surface area contributed by atoms with Crippen molar-refractivity contribution in [3.63, 3.8) is 0 Å². The number of carbonyl (C=O) groups is 3. The van der Waals surface area contributed by atoms with E-state index in [1.807, 2.05) is 39.0 Å². The number of imide groups is 1. The minimum absolute atomic E-state index is 0.345. The maximum Gasteiger partial charge on any atom is 0.329 e. The second-order valence-electron chi connectivity index (χ2n) is 9.41. The van der Waals surface area contributed by atoms with Crippen molar-refractivity contribution in [3.05, 3.63) is 99.6 Å². The lowest BCUT2D eigenvalue weighted by molar-refractivity contribution is -0.149. The summed E-state index contributed by atoms with van der Waals surface area (Å²) in [5, 5.41) is 14.3. The Kier molecular flexibility index (Phi) is 5.54. The van der Waals surface area contributed by atoms with Crippen LogP contribution in [0, 0.1) is 32.6 Å². The second-order valence-corrected chi connectivity index (χ2v) is 9.82. The molecule has 0 spiro atoms. The van der Waals surface area contributed by atoms with Crippen molar-refractivity contribution < 1.29 is 19.5 Å². The maximum atomic E-state index is 14.0. The van der Waals surface area contributed by atoms with E-state index in [0.717, 1.165) is 27.2 Å². The zero-order valence-corrected chi connectivity index (χ0v) is 20.3. The van der Waals surface area contributed by atoms with Gasteiger partial charge in [0.25, 0.3) is 0 Å². The molecule has 178 valence electrons. The van der Waals surface area contributed by atoms with Crippen LogP contribution in [0.1, 0.15) is 33.9 Å². The highest BCUT2D eigenvalue weighted by molar-refractivity contribution is 6.32. The molecule has 0 bridgehead atoms. The average molecular weight is 489 g/mol. The highest BCUT2D eigenvalue weighted by Crippen LogP contribution is 2.54. The first-order valence-electron chi connectivity index (χ1n) is 11.4. The standard InChI is InChI=1S/C28H25ClN2O4/c1-15-9-10-16(2)20(13-15)24-22-23(28(30-24,27(34)35)18-7-5-4-6-8-18)26(33)31(25(22)32)19-12-11-17(3)21(29)14-19/h4-14,22-24,30H,1-3H3,(H,34,35). The van der Waals surface area contributed by atoms with Crippen molar-refractivity contribution >= 4 is 35.1 Å². The van der Waals surface area contributed by atoms with Crippen LogP contribution >= 0.6 is 11.6 Å². The monoisotopic (exact) mass is 488 g/mol. The van der Waals surface area contributed by atoms with Crippen LogP contribution in [0.15, 0.2) is 66.7 Å². The third-order valence-electron chi connectivity index (χ3n) is 7.31. The van der Waals surface area contributed by atoms with Crippen molar-refractivity contribution in [3.8, 4) is 0 Å². The van der Waals surface area contributed by atoms with Crippen LogP contribution in [0.4, 0.5) is 5.69 Å². The van der Waals surface area contributed by atoms with Crippen LogP contribution in [-0.4, -0.2) is 22.9 Å². The van der Waals surface area contributed by atoms with E-state index in [2.05, 4.69) is 5.32 Å². The number of aryl methyl sites for hydroxylation is 3. The number of rotatable bonds is 4. The summed E-state index contributed by atoms with van der Waals surface area (Å²) in [6.07, 6.45) is 0. The Morgan fingerprint density at radius 3 is 2.29 bits per heavy atom. The molecule has 4 unspecified atom stereocenters. The van der Waals surface area contributed by atoms with Gasteiger partial charge in [0.15, 0.2) is 5.54 Å². The van der Waals surface area contributed by atoms with Crippen LogP contribution in [0.5, 0.6) is 0 Å². The smallest absolute Gasteiger partial charge is 0.329 e. The summed E-state index contributed by atoms with van der Waals surface area (Å²) in [4.78, 5) is 42.1. The maximum absolute atomic E-state index is 14.0. The number of hydrogen-bond acceptors (Lipinski definition) is 4. The number of halogens is 1. The van der Waals surface area contributed by atoms with Gasteiger partial charge in [-0.05, 0) is 55.2 Å². The molecule has 2 heterocycles. The van der Waals surface area contributed by atoms with Crippen LogP contribution in [-0.2, 0) is 19.9 Å². The molecule has 5 rings (SSSR count). The van der Waals surface area contributed by atoms with Gasteiger partial charge in [0.2, 0.25) is 11.8 Å². The third-order valence-corrected chi connectivity index (χ3v) is 7.72. The predicted molar refractivity (Wildman–Crippen MR) is 133 cm³/mol. The fourth-order valence-corrected chi connectivity index (χ4v) is 5.71. The summed E-state index contributed by atoms with van der Waals surface area (Å²) in [6, 6.07) is 18.8. The topological polar surface area (TPSA) is 86.7 Å². The Hall–Kier alpha value is -3.48. The van der Waals surface area contributed by atoms with Crippen LogP contribution in [0.3, 0.4) is 0 Å². The third kappa shape index (κ3) is 3.39. The van der Waals surface area contributed by atoms with Gasteiger partial charge in [-0.2, -0.15) is 0 Å². The number of carbonyl (C=O) groups excluding carboxylic acids is 2. The van der Waals surface area contributed by atoms with Crippen molar-refractivity contribution in [2.75, 3.05) is 4.90 Å². The van der Waals surface area contributed by atoms with Gasteiger partial charge < -0.3 is 5.11 Å². The normalized spacial score (nSPS) is 25.7. The Morgan fingerprint density at radius 2 is 1.63 bits per heavy atom. The molecular weight excluding hydrogens is 464 g/mol. The van der Waals surface area contributed by atoms with E-state index in [4.69, 9.17) is 11.6 Å².